The molecule has 212 valence electrons. The standard InChI is InChI=1S/C32H34N4O5/c1-21-10-11-22(2)27(17-21)34-29(37)20-35-28-18-24(30(38)33-15-14-23-7-4-3-5-8-23)12-13-26(28)31(39)36(32(35)40)19-25-9-6-16-41-25/h3-5,7-8,10-13,17-18,25H,6,9,14-16,19-20H2,1-2H3,(H,33,38)(H,34,37)/t25-/m1/s1. The number of fused-ring (bicyclic) bond motifs is 1. The van der Waals surface area contributed by atoms with E-state index in [9.17, 15) is 19.2 Å². The molecule has 5 rings (SSSR count). The first kappa shape index (κ1) is 28.0. The second kappa shape index (κ2) is 12.3. The SMILES string of the molecule is Cc1ccc(C)c(NC(=O)Cn2c(=O)n(C[C@H]3CCCO3)c(=O)c3ccc(C(=O)NCCc4ccccc4)cc32)c1. The first-order chi connectivity index (χ1) is 19.8. The van der Waals surface area contributed by atoms with E-state index in [2.05, 4.69) is 10.6 Å². The molecule has 1 aromatic heterocycles. The van der Waals surface area contributed by atoms with Crippen LogP contribution >= 0.6 is 0 Å². The number of anilines is 1. The van der Waals surface area contributed by atoms with Gasteiger partial charge in [-0.2, -0.15) is 0 Å². The summed E-state index contributed by atoms with van der Waals surface area (Å²) in [6.07, 6.45) is 2.03. The molecule has 0 unspecified atom stereocenters. The van der Waals surface area contributed by atoms with Gasteiger partial charge in [-0.1, -0.05) is 42.5 Å². The lowest BCUT2D eigenvalue weighted by Gasteiger charge is -2.17. The first-order valence-corrected chi connectivity index (χ1v) is 13.9. The zero-order valence-electron chi connectivity index (χ0n) is 23.3. The van der Waals surface area contributed by atoms with Crippen molar-refractivity contribution in [2.45, 2.75) is 52.3 Å². The second-order valence-electron chi connectivity index (χ2n) is 10.5. The average Bonchev–Trinajstić information content (AvgIpc) is 3.49. The number of carbonyl (C=O) groups excluding carboxylic acids is 2. The van der Waals surface area contributed by atoms with Crippen LogP contribution in [-0.4, -0.2) is 40.2 Å². The number of nitrogens with one attached hydrogen (secondary N) is 2. The van der Waals surface area contributed by atoms with Crippen molar-refractivity contribution in [3.63, 3.8) is 0 Å². The topological polar surface area (TPSA) is 111 Å². The normalized spacial score (nSPS) is 14.7. The molecular weight excluding hydrogens is 520 g/mol. The molecule has 3 aromatic carbocycles. The minimum absolute atomic E-state index is 0.105. The highest BCUT2D eigenvalue weighted by Gasteiger charge is 2.22. The van der Waals surface area contributed by atoms with Gasteiger partial charge in [0.25, 0.3) is 11.5 Å². The molecule has 0 saturated carbocycles. The van der Waals surface area contributed by atoms with Gasteiger partial charge in [0.15, 0.2) is 0 Å². The second-order valence-corrected chi connectivity index (χ2v) is 10.5. The van der Waals surface area contributed by atoms with E-state index in [4.69, 9.17) is 4.74 Å². The van der Waals surface area contributed by atoms with Crippen LogP contribution in [0.2, 0.25) is 0 Å². The lowest BCUT2D eigenvalue weighted by atomic mass is 10.1. The Labute approximate surface area is 237 Å². The summed E-state index contributed by atoms with van der Waals surface area (Å²) in [6, 6.07) is 20.2. The number of hydrogen-bond donors (Lipinski definition) is 2. The Balaban J connectivity index is 1.47. The van der Waals surface area contributed by atoms with E-state index >= 15 is 0 Å². The van der Waals surface area contributed by atoms with E-state index in [0.717, 1.165) is 34.1 Å². The molecule has 1 fully saturated rings. The summed E-state index contributed by atoms with van der Waals surface area (Å²) >= 11 is 0. The fraction of sp³-hybridized carbons (Fsp3) is 0.312. The quantitative estimate of drug-likeness (QED) is 0.329. The smallest absolute Gasteiger partial charge is 0.332 e. The molecule has 9 nitrogen and oxygen atoms in total. The van der Waals surface area contributed by atoms with Gasteiger partial charge in [-0.3, -0.25) is 23.5 Å². The number of ether oxygens (including phenoxy) is 1. The predicted octanol–water partition coefficient (Wildman–Crippen LogP) is 3.57. The number of carbonyl (C=O) groups is 2. The highest BCUT2D eigenvalue weighted by atomic mass is 16.5. The molecule has 0 radical (unpaired) electrons. The lowest BCUT2D eigenvalue weighted by molar-refractivity contribution is -0.116. The number of rotatable bonds is 9. The zero-order chi connectivity index (χ0) is 28.9. The Morgan fingerprint density at radius 2 is 1.78 bits per heavy atom. The van der Waals surface area contributed by atoms with Crippen molar-refractivity contribution in [3.8, 4) is 0 Å². The Bertz CT molecular complexity index is 1700. The summed E-state index contributed by atoms with van der Waals surface area (Å²) < 4.78 is 8.10. The van der Waals surface area contributed by atoms with Gasteiger partial charge in [-0.05, 0) is 74.1 Å². The van der Waals surface area contributed by atoms with Crippen molar-refractivity contribution < 1.29 is 14.3 Å². The van der Waals surface area contributed by atoms with E-state index in [-0.39, 0.29) is 36.0 Å². The summed E-state index contributed by atoms with van der Waals surface area (Å²) in [5.41, 5.74) is 3.07. The first-order valence-electron chi connectivity index (χ1n) is 13.9. The van der Waals surface area contributed by atoms with Crippen LogP contribution in [0.5, 0.6) is 0 Å². The maximum absolute atomic E-state index is 13.7. The minimum Gasteiger partial charge on any atom is -0.376 e. The third kappa shape index (κ3) is 6.47. The van der Waals surface area contributed by atoms with Gasteiger partial charge < -0.3 is 15.4 Å². The predicted molar refractivity (Wildman–Crippen MR) is 158 cm³/mol. The molecule has 2 amide bonds. The molecule has 0 spiro atoms. The minimum atomic E-state index is -0.615. The van der Waals surface area contributed by atoms with Crippen molar-refractivity contribution in [2.24, 2.45) is 0 Å². The lowest BCUT2D eigenvalue weighted by Crippen LogP contribution is -2.43. The summed E-state index contributed by atoms with van der Waals surface area (Å²) in [6.45, 7) is 4.61. The van der Waals surface area contributed by atoms with Crippen molar-refractivity contribution >= 4 is 28.4 Å². The Morgan fingerprint density at radius 3 is 2.54 bits per heavy atom. The molecule has 1 atom stereocenters. The summed E-state index contributed by atoms with van der Waals surface area (Å²) in [4.78, 5) is 53.4. The van der Waals surface area contributed by atoms with Gasteiger partial charge >= 0.3 is 5.69 Å². The Kier molecular flexibility index (Phi) is 8.45. The average molecular weight is 555 g/mol. The fourth-order valence-electron chi connectivity index (χ4n) is 5.13. The highest BCUT2D eigenvalue weighted by Crippen LogP contribution is 2.18. The maximum atomic E-state index is 13.7. The zero-order valence-corrected chi connectivity index (χ0v) is 23.3. The molecule has 4 aromatic rings. The number of benzene rings is 3. The van der Waals surface area contributed by atoms with E-state index in [1.165, 1.54) is 10.6 Å². The van der Waals surface area contributed by atoms with E-state index < -0.39 is 17.2 Å². The van der Waals surface area contributed by atoms with Gasteiger partial charge in [-0.15, -0.1) is 0 Å². The van der Waals surface area contributed by atoms with Gasteiger partial charge in [-0.25, -0.2) is 4.79 Å². The molecular formula is C32H34N4O5. The van der Waals surface area contributed by atoms with Crippen molar-refractivity contribution in [1.29, 1.82) is 0 Å². The molecule has 2 N–H and O–H groups in total. The van der Waals surface area contributed by atoms with Gasteiger partial charge in [0.05, 0.1) is 23.6 Å². The fourth-order valence-corrected chi connectivity index (χ4v) is 5.13. The number of aryl methyl sites for hydroxylation is 2. The van der Waals surface area contributed by atoms with Crippen LogP contribution in [-0.2, 0) is 29.0 Å². The number of aromatic nitrogens is 2. The number of amides is 2. The largest absolute Gasteiger partial charge is 0.376 e. The summed E-state index contributed by atoms with van der Waals surface area (Å²) in [5, 5.41) is 6.04. The number of hydrogen-bond acceptors (Lipinski definition) is 5. The van der Waals surface area contributed by atoms with Crippen molar-refractivity contribution in [1.82, 2.24) is 14.5 Å². The molecule has 41 heavy (non-hydrogen) atoms. The Morgan fingerprint density at radius 1 is 0.976 bits per heavy atom. The van der Waals surface area contributed by atoms with E-state index in [1.807, 2.05) is 62.4 Å². The molecule has 2 heterocycles. The van der Waals surface area contributed by atoms with Crippen LogP contribution in [0, 0.1) is 13.8 Å². The molecule has 0 bridgehead atoms. The summed E-state index contributed by atoms with van der Waals surface area (Å²) in [5.74, 6) is -0.743. The Hall–Kier alpha value is -4.50. The highest BCUT2D eigenvalue weighted by molar-refractivity contribution is 5.98. The molecule has 1 saturated heterocycles. The van der Waals surface area contributed by atoms with Crippen LogP contribution in [0.4, 0.5) is 5.69 Å². The van der Waals surface area contributed by atoms with Crippen molar-refractivity contribution in [2.75, 3.05) is 18.5 Å². The molecule has 9 heteroatoms. The van der Waals surface area contributed by atoms with Crippen molar-refractivity contribution in [3.05, 3.63) is 110 Å². The van der Waals surface area contributed by atoms with Crippen LogP contribution in [0.15, 0.2) is 76.3 Å². The van der Waals surface area contributed by atoms with Crippen LogP contribution < -0.4 is 21.9 Å². The van der Waals surface area contributed by atoms with Gasteiger partial charge in [0.2, 0.25) is 5.91 Å². The van der Waals surface area contributed by atoms with Crippen LogP contribution in [0.1, 0.15) is 39.9 Å². The monoisotopic (exact) mass is 554 g/mol. The van der Waals surface area contributed by atoms with Crippen LogP contribution in [0.25, 0.3) is 10.9 Å². The van der Waals surface area contributed by atoms with Gasteiger partial charge in [0.1, 0.15) is 6.54 Å². The molecule has 0 aliphatic carbocycles. The maximum Gasteiger partial charge on any atom is 0.332 e. The van der Waals surface area contributed by atoms with E-state index in [0.29, 0.717) is 30.8 Å². The van der Waals surface area contributed by atoms with Gasteiger partial charge in [0, 0.05) is 24.4 Å². The molecule has 1 aliphatic heterocycles. The molecule has 1 aliphatic rings. The van der Waals surface area contributed by atoms with E-state index in [1.54, 1.807) is 12.1 Å². The van der Waals surface area contributed by atoms with Crippen LogP contribution in [0.3, 0.4) is 0 Å². The summed E-state index contributed by atoms with van der Waals surface area (Å²) in [7, 11) is 0. The third-order valence-corrected chi connectivity index (χ3v) is 7.41. The third-order valence-electron chi connectivity index (χ3n) is 7.41. The number of nitrogens with zero attached hydrogens (tertiary/aromatic N) is 2.